The van der Waals surface area contributed by atoms with E-state index >= 15 is 0 Å². The van der Waals surface area contributed by atoms with Gasteiger partial charge in [-0.15, -0.1) is 10.2 Å². The van der Waals surface area contributed by atoms with E-state index in [1.165, 1.54) is 16.9 Å². The number of carbonyl (C=O) groups is 1. The normalized spacial score (nSPS) is 10.6. The Morgan fingerprint density at radius 1 is 1.33 bits per heavy atom. The maximum atomic E-state index is 12.2. The molecule has 0 aromatic carbocycles. The molecule has 0 aliphatic rings. The van der Waals surface area contributed by atoms with Crippen molar-refractivity contribution in [1.82, 2.24) is 20.1 Å². The van der Waals surface area contributed by atoms with E-state index in [-0.39, 0.29) is 6.03 Å². The lowest BCUT2D eigenvalue weighted by Gasteiger charge is -2.16. The number of hydrogen-bond acceptors (Lipinski definition) is 6. The van der Waals surface area contributed by atoms with Gasteiger partial charge in [-0.1, -0.05) is 24.3 Å². The van der Waals surface area contributed by atoms with Gasteiger partial charge in [0, 0.05) is 26.3 Å². The summed E-state index contributed by atoms with van der Waals surface area (Å²) >= 11 is 1.36. The van der Waals surface area contributed by atoms with Crippen molar-refractivity contribution >= 4 is 22.5 Å². The SMILES string of the molecule is CCOCCc1nnc(NC(=O)N(C)Cc2ccc(CC)cn2)s1. The summed E-state index contributed by atoms with van der Waals surface area (Å²) in [5, 5.41) is 12.1. The molecule has 7 nitrogen and oxygen atoms in total. The third-order valence-electron chi connectivity index (χ3n) is 3.39. The van der Waals surface area contributed by atoms with E-state index in [1.807, 2.05) is 25.3 Å². The van der Waals surface area contributed by atoms with Crippen LogP contribution in [0.3, 0.4) is 0 Å². The summed E-state index contributed by atoms with van der Waals surface area (Å²) in [5.74, 6) is 0. The first-order valence-corrected chi connectivity index (χ1v) is 8.80. The lowest BCUT2D eigenvalue weighted by molar-refractivity contribution is 0.150. The van der Waals surface area contributed by atoms with E-state index in [4.69, 9.17) is 4.74 Å². The number of aryl methyl sites for hydroxylation is 1. The van der Waals surface area contributed by atoms with Crippen LogP contribution in [0.25, 0.3) is 0 Å². The molecule has 2 heterocycles. The smallest absolute Gasteiger partial charge is 0.323 e. The van der Waals surface area contributed by atoms with Crippen LogP contribution in [0.15, 0.2) is 18.3 Å². The first-order valence-electron chi connectivity index (χ1n) is 7.98. The molecule has 130 valence electrons. The van der Waals surface area contributed by atoms with Crippen molar-refractivity contribution in [2.45, 2.75) is 33.2 Å². The Labute approximate surface area is 146 Å². The monoisotopic (exact) mass is 349 g/mol. The van der Waals surface area contributed by atoms with Crippen LogP contribution in [-0.4, -0.2) is 46.4 Å². The minimum Gasteiger partial charge on any atom is -0.381 e. The van der Waals surface area contributed by atoms with Crippen molar-refractivity contribution < 1.29 is 9.53 Å². The number of nitrogens with one attached hydrogen (secondary N) is 1. The molecule has 0 bridgehead atoms. The molecule has 2 aromatic rings. The maximum Gasteiger partial charge on any atom is 0.323 e. The summed E-state index contributed by atoms with van der Waals surface area (Å²) in [7, 11) is 1.72. The molecule has 24 heavy (non-hydrogen) atoms. The Bertz CT molecular complexity index is 644. The second kappa shape index (κ2) is 9.29. The van der Waals surface area contributed by atoms with E-state index in [9.17, 15) is 4.79 Å². The van der Waals surface area contributed by atoms with Crippen molar-refractivity contribution in [2.75, 3.05) is 25.6 Å². The molecule has 0 saturated carbocycles. The molecule has 2 rings (SSSR count). The molecule has 8 heteroatoms. The highest BCUT2D eigenvalue weighted by atomic mass is 32.1. The van der Waals surface area contributed by atoms with Crippen LogP contribution in [0.5, 0.6) is 0 Å². The van der Waals surface area contributed by atoms with Crippen LogP contribution in [-0.2, 0) is 24.1 Å². The van der Waals surface area contributed by atoms with Gasteiger partial charge in [0.25, 0.3) is 0 Å². The third kappa shape index (κ3) is 5.54. The van der Waals surface area contributed by atoms with Gasteiger partial charge in [-0.2, -0.15) is 0 Å². The largest absolute Gasteiger partial charge is 0.381 e. The number of amides is 2. The zero-order valence-electron chi connectivity index (χ0n) is 14.3. The molecule has 0 aliphatic heterocycles. The van der Waals surface area contributed by atoms with E-state index in [0.717, 1.165) is 17.1 Å². The Hall–Kier alpha value is -2.06. The number of pyridine rings is 1. The number of hydrogen-bond donors (Lipinski definition) is 1. The van der Waals surface area contributed by atoms with Crippen LogP contribution in [0, 0.1) is 0 Å². The van der Waals surface area contributed by atoms with Gasteiger partial charge in [0.15, 0.2) is 0 Å². The molecule has 2 amide bonds. The van der Waals surface area contributed by atoms with E-state index in [0.29, 0.717) is 31.3 Å². The number of rotatable bonds is 8. The molecule has 0 atom stereocenters. The van der Waals surface area contributed by atoms with Gasteiger partial charge in [0.05, 0.1) is 18.8 Å². The zero-order chi connectivity index (χ0) is 17.4. The number of urea groups is 1. The summed E-state index contributed by atoms with van der Waals surface area (Å²) in [6.45, 7) is 5.76. The molecule has 0 unspecified atom stereocenters. The van der Waals surface area contributed by atoms with Gasteiger partial charge in [-0.05, 0) is 25.0 Å². The highest BCUT2D eigenvalue weighted by molar-refractivity contribution is 7.15. The minimum atomic E-state index is -0.233. The number of nitrogens with zero attached hydrogens (tertiary/aromatic N) is 4. The van der Waals surface area contributed by atoms with Gasteiger partial charge in [0.2, 0.25) is 5.13 Å². The number of anilines is 1. The quantitative estimate of drug-likeness (QED) is 0.741. The predicted octanol–water partition coefficient (Wildman–Crippen LogP) is 2.74. The third-order valence-corrected chi connectivity index (χ3v) is 4.28. The topological polar surface area (TPSA) is 80.2 Å². The van der Waals surface area contributed by atoms with Gasteiger partial charge < -0.3 is 9.64 Å². The predicted molar refractivity (Wildman–Crippen MR) is 94.2 cm³/mol. The second-order valence-corrected chi connectivity index (χ2v) is 6.31. The Morgan fingerprint density at radius 2 is 2.17 bits per heavy atom. The minimum absolute atomic E-state index is 0.233. The fourth-order valence-corrected chi connectivity index (χ4v) is 2.68. The zero-order valence-corrected chi connectivity index (χ0v) is 15.1. The van der Waals surface area contributed by atoms with Crippen molar-refractivity contribution in [3.8, 4) is 0 Å². The van der Waals surface area contributed by atoms with Crippen molar-refractivity contribution in [3.63, 3.8) is 0 Å². The fraction of sp³-hybridized carbons (Fsp3) is 0.500. The van der Waals surface area contributed by atoms with Gasteiger partial charge in [-0.3, -0.25) is 10.3 Å². The highest BCUT2D eigenvalue weighted by Gasteiger charge is 2.13. The summed E-state index contributed by atoms with van der Waals surface area (Å²) in [6, 6.07) is 3.74. The number of ether oxygens (including phenoxy) is 1. The van der Waals surface area contributed by atoms with Gasteiger partial charge in [0.1, 0.15) is 5.01 Å². The lowest BCUT2D eigenvalue weighted by atomic mass is 10.2. The average molecular weight is 349 g/mol. The van der Waals surface area contributed by atoms with Crippen LogP contribution in [0.1, 0.15) is 30.1 Å². The highest BCUT2D eigenvalue weighted by Crippen LogP contribution is 2.16. The summed E-state index contributed by atoms with van der Waals surface area (Å²) in [4.78, 5) is 18.1. The van der Waals surface area contributed by atoms with Crippen molar-refractivity contribution in [3.05, 3.63) is 34.6 Å². The van der Waals surface area contributed by atoms with Crippen molar-refractivity contribution in [1.29, 1.82) is 0 Å². The van der Waals surface area contributed by atoms with E-state index in [2.05, 4.69) is 27.4 Å². The lowest BCUT2D eigenvalue weighted by Crippen LogP contribution is -2.31. The first-order chi connectivity index (χ1) is 11.6. The average Bonchev–Trinajstić information content (AvgIpc) is 3.03. The summed E-state index contributed by atoms with van der Waals surface area (Å²) in [6.07, 6.45) is 3.49. The molecule has 0 radical (unpaired) electrons. The van der Waals surface area contributed by atoms with Crippen molar-refractivity contribution in [2.24, 2.45) is 0 Å². The molecule has 2 aromatic heterocycles. The number of carbonyl (C=O) groups excluding carboxylic acids is 1. The van der Waals surface area contributed by atoms with Gasteiger partial charge in [-0.25, -0.2) is 4.79 Å². The van der Waals surface area contributed by atoms with E-state index in [1.54, 1.807) is 11.9 Å². The molecule has 0 fully saturated rings. The van der Waals surface area contributed by atoms with E-state index < -0.39 is 0 Å². The Morgan fingerprint density at radius 3 is 2.83 bits per heavy atom. The molecular weight excluding hydrogens is 326 g/mol. The summed E-state index contributed by atoms with van der Waals surface area (Å²) in [5.41, 5.74) is 2.03. The second-order valence-electron chi connectivity index (χ2n) is 5.25. The molecule has 1 N–H and O–H groups in total. The molecule has 0 aliphatic carbocycles. The number of aromatic nitrogens is 3. The molecular formula is C16H23N5O2S. The van der Waals surface area contributed by atoms with Crippen LogP contribution < -0.4 is 5.32 Å². The molecule has 0 spiro atoms. The Balaban J connectivity index is 1.84. The first kappa shape index (κ1) is 18.3. The standard InChI is InChI=1S/C16H23N5O2S/c1-4-12-6-7-13(17-10-12)11-21(3)16(22)18-15-20-19-14(24-15)8-9-23-5-2/h6-7,10H,4-5,8-9,11H2,1-3H3,(H,18,20,22). The van der Waals surface area contributed by atoms with Gasteiger partial charge >= 0.3 is 6.03 Å². The van der Waals surface area contributed by atoms with Crippen LogP contribution in [0.4, 0.5) is 9.93 Å². The van der Waals surface area contributed by atoms with Crippen LogP contribution >= 0.6 is 11.3 Å². The maximum absolute atomic E-state index is 12.2. The van der Waals surface area contributed by atoms with Crippen LogP contribution in [0.2, 0.25) is 0 Å². The summed E-state index contributed by atoms with van der Waals surface area (Å²) < 4.78 is 5.29. The fourth-order valence-electron chi connectivity index (χ4n) is 1.97. The molecule has 0 saturated heterocycles. The Kier molecular flexibility index (Phi) is 7.07.